The number of rotatable bonds is 0. The Balaban J connectivity index is 2.57. The third-order valence-electron chi connectivity index (χ3n) is 2.45. The maximum atomic E-state index is 11.9. The van der Waals surface area contributed by atoms with Gasteiger partial charge in [-0.05, 0) is 40.5 Å². The van der Waals surface area contributed by atoms with Crippen LogP contribution in [0, 0.1) is 0 Å². The molecule has 1 saturated heterocycles. The van der Waals surface area contributed by atoms with Crippen LogP contribution in [0.4, 0.5) is 4.79 Å². The molecule has 0 N–H and O–H groups in total. The van der Waals surface area contributed by atoms with E-state index in [1.165, 1.54) is 0 Å². The number of halogens is 1. The van der Waals surface area contributed by atoms with Gasteiger partial charge in [0, 0.05) is 17.4 Å². The highest BCUT2D eigenvalue weighted by Gasteiger charge is 2.30. The largest absolute Gasteiger partial charge is 0.444 e. The minimum atomic E-state index is -0.407. The van der Waals surface area contributed by atoms with E-state index in [2.05, 4.69) is 22.9 Å². The molecule has 1 rings (SSSR count). The fraction of sp³-hybridized carbons (Fsp3) is 0.909. The second-order valence-corrected chi connectivity index (χ2v) is 6.45. The van der Waals surface area contributed by atoms with E-state index in [4.69, 9.17) is 4.74 Å². The number of amides is 1. The van der Waals surface area contributed by atoms with Gasteiger partial charge in [-0.3, -0.25) is 0 Å². The van der Waals surface area contributed by atoms with E-state index >= 15 is 0 Å². The Morgan fingerprint density at radius 1 is 1.40 bits per heavy atom. The van der Waals surface area contributed by atoms with Gasteiger partial charge in [-0.1, -0.05) is 15.9 Å². The van der Waals surface area contributed by atoms with Crippen LogP contribution in [0.1, 0.15) is 40.5 Å². The Morgan fingerprint density at radius 2 is 2.00 bits per heavy atom. The van der Waals surface area contributed by atoms with E-state index in [-0.39, 0.29) is 12.1 Å². The quantitative estimate of drug-likeness (QED) is 0.637. The van der Waals surface area contributed by atoms with Crippen molar-refractivity contribution in [2.75, 3.05) is 6.54 Å². The highest BCUT2D eigenvalue weighted by molar-refractivity contribution is 9.09. The highest BCUT2D eigenvalue weighted by Crippen LogP contribution is 2.23. The molecule has 0 aromatic carbocycles. The molecule has 1 heterocycles. The summed E-state index contributed by atoms with van der Waals surface area (Å²) in [5, 5.41) is 0. The molecule has 0 saturated carbocycles. The number of likely N-dealkylation sites (tertiary alicyclic amines) is 1. The summed E-state index contributed by atoms with van der Waals surface area (Å²) in [6.45, 7) is 8.50. The molecule has 1 fully saturated rings. The summed E-state index contributed by atoms with van der Waals surface area (Å²) >= 11 is 3.55. The van der Waals surface area contributed by atoms with Crippen molar-refractivity contribution in [2.24, 2.45) is 0 Å². The van der Waals surface area contributed by atoms with Crippen LogP contribution in [0.3, 0.4) is 0 Å². The van der Waals surface area contributed by atoms with Crippen molar-refractivity contribution in [2.45, 2.75) is 57.0 Å². The topological polar surface area (TPSA) is 29.5 Å². The lowest BCUT2D eigenvalue weighted by Gasteiger charge is -2.36. The average molecular weight is 278 g/mol. The number of piperidine rings is 1. The Morgan fingerprint density at radius 3 is 2.53 bits per heavy atom. The molecule has 4 heteroatoms. The normalized spacial score (nSPS) is 27.7. The molecule has 0 unspecified atom stereocenters. The first-order chi connectivity index (χ1) is 6.79. The zero-order valence-electron chi connectivity index (χ0n) is 9.92. The van der Waals surface area contributed by atoms with Crippen LogP contribution in [0.2, 0.25) is 0 Å². The van der Waals surface area contributed by atoms with Gasteiger partial charge in [0.15, 0.2) is 0 Å². The Labute approximate surface area is 100 Å². The fourth-order valence-corrected chi connectivity index (χ4v) is 2.21. The number of carbonyl (C=O) groups is 1. The first-order valence-corrected chi connectivity index (χ1v) is 6.35. The third kappa shape index (κ3) is 4.01. The first kappa shape index (κ1) is 12.8. The summed E-state index contributed by atoms with van der Waals surface area (Å²) in [6.07, 6.45) is 1.97. The number of alkyl halides is 1. The summed E-state index contributed by atoms with van der Waals surface area (Å²) in [5.74, 6) is 0. The van der Waals surface area contributed by atoms with Crippen LogP contribution in [-0.2, 0) is 4.74 Å². The SMILES string of the molecule is C[C@H]1CC[C@H](Br)CN1C(=O)OC(C)(C)C. The van der Waals surface area contributed by atoms with E-state index in [0.717, 1.165) is 19.4 Å². The average Bonchev–Trinajstić information content (AvgIpc) is 2.06. The van der Waals surface area contributed by atoms with Gasteiger partial charge in [-0.25, -0.2) is 4.79 Å². The summed E-state index contributed by atoms with van der Waals surface area (Å²) < 4.78 is 5.36. The summed E-state index contributed by atoms with van der Waals surface area (Å²) in [7, 11) is 0. The molecule has 1 aliphatic rings. The summed E-state index contributed by atoms with van der Waals surface area (Å²) in [6, 6.07) is 0.286. The van der Waals surface area contributed by atoms with Gasteiger partial charge in [0.05, 0.1) is 0 Å². The van der Waals surface area contributed by atoms with Gasteiger partial charge in [0.25, 0.3) is 0 Å². The molecular weight excluding hydrogens is 258 g/mol. The lowest BCUT2D eigenvalue weighted by Crippen LogP contribution is -2.47. The smallest absolute Gasteiger partial charge is 0.410 e. The molecule has 0 aromatic heterocycles. The highest BCUT2D eigenvalue weighted by atomic mass is 79.9. The van der Waals surface area contributed by atoms with Crippen molar-refractivity contribution in [1.82, 2.24) is 4.90 Å². The van der Waals surface area contributed by atoms with Crippen molar-refractivity contribution in [1.29, 1.82) is 0 Å². The zero-order valence-corrected chi connectivity index (χ0v) is 11.5. The van der Waals surface area contributed by atoms with Gasteiger partial charge in [0.1, 0.15) is 5.60 Å². The Bertz CT molecular complexity index is 237. The predicted octanol–water partition coefficient (Wildman–Crippen LogP) is 3.17. The van der Waals surface area contributed by atoms with E-state index < -0.39 is 5.60 Å². The minimum Gasteiger partial charge on any atom is -0.444 e. The lowest BCUT2D eigenvalue weighted by molar-refractivity contribution is 0.0129. The van der Waals surface area contributed by atoms with Crippen LogP contribution >= 0.6 is 15.9 Å². The second kappa shape index (κ2) is 4.73. The van der Waals surface area contributed by atoms with Crippen LogP contribution in [0.15, 0.2) is 0 Å². The number of hydrogen-bond donors (Lipinski definition) is 0. The maximum Gasteiger partial charge on any atom is 0.410 e. The Hall–Kier alpha value is -0.250. The molecular formula is C11H20BrNO2. The van der Waals surface area contributed by atoms with Gasteiger partial charge in [-0.2, -0.15) is 0 Å². The first-order valence-electron chi connectivity index (χ1n) is 5.43. The van der Waals surface area contributed by atoms with Crippen LogP contribution in [0.5, 0.6) is 0 Å². The van der Waals surface area contributed by atoms with E-state index in [9.17, 15) is 4.79 Å². The number of carbonyl (C=O) groups excluding carboxylic acids is 1. The molecule has 3 nitrogen and oxygen atoms in total. The van der Waals surface area contributed by atoms with E-state index in [1.54, 1.807) is 0 Å². The zero-order chi connectivity index (χ0) is 11.6. The summed E-state index contributed by atoms with van der Waals surface area (Å²) in [5.41, 5.74) is -0.407. The van der Waals surface area contributed by atoms with Crippen LogP contribution in [0.25, 0.3) is 0 Å². The number of hydrogen-bond acceptors (Lipinski definition) is 2. The monoisotopic (exact) mass is 277 g/mol. The molecule has 2 atom stereocenters. The van der Waals surface area contributed by atoms with Crippen molar-refractivity contribution in [3.8, 4) is 0 Å². The van der Waals surface area contributed by atoms with E-state index in [1.807, 2.05) is 25.7 Å². The molecule has 0 aromatic rings. The Kier molecular flexibility index (Phi) is 4.04. The lowest BCUT2D eigenvalue weighted by atomic mass is 10.0. The number of ether oxygens (including phenoxy) is 1. The van der Waals surface area contributed by atoms with Gasteiger partial charge in [-0.15, -0.1) is 0 Å². The second-order valence-electron chi connectivity index (χ2n) is 5.16. The molecule has 1 aliphatic heterocycles. The molecule has 0 aliphatic carbocycles. The minimum absolute atomic E-state index is 0.195. The molecule has 1 amide bonds. The third-order valence-corrected chi connectivity index (χ3v) is 3.20. The maximum absolute atomic E-state index is 11.9. The van der Waals surface area contributed by atoms with Crippen LogP contribution in [-0.4, -0.2) is 34.0 Å². The molecule has 0 spiro atoms. The predicted molar refractivity (Wildman–Crippen MR) is 64.4 cm³/mol. The molecule has 88 valence electrons. The van der Waals surface area contributed by atoms with Gasteiger partial charge < -0.3 is 9.64 Å². The van der Waals surface area contributed by atoms with Gasteiger partial charge in [0.2, 0.25) is 0 Å². The van der Waals surface area contributed by atoms with Crippen molar-refractivity contribution >= 4 is 22.0 Å². The van der Waals surface area contributed by atoms with Crippen molar-refractivity contribution < 1.29 is 9.53 Å². The van der Waals surface area contributed by atoms with Gasteiger partial charge >= 0.3 is 6.09 Å². The molecule has 0 radical (unpaired) electrons. The van der Waals surface area contributed by atoms with Crippen LogP contribution < -0.4 is 0 Å². The standard InChI is InChI=1S/C11H20BrNO2/c1-8-5-6-9(12)7-13(8)10(14)15-11(2,3)4/h8-9H,5-7H2,1-4H3/t8-,9-/m0/s1. The molecule has 0 bridgehead atoms. The van der Waals surface area contributed by atoms with Crippen molar-refractivity contribution in [3.05, 3.63) is 0 Å². The van der Waals surface area contributed by atoms with Crippen molar-refractivity contribution in [3.63, 3.8) is 0 Å². The number of nitrogens with zero attached hydrogens (tertiary/aromatic N) is 1. The fourth-order valence-electron chi connectivity index (χ4n) is 1.64. The summed E-state index contributed by atoms with van der Waals surface area (Å²) in [4.78, 5) is 14.1. The van der Waals surface area contributed by atoms with E-state index in [0.29, 0.717) is 4.83 Å². The molecule has 15 heavy (non-hydrogen) atoms.